The van der Waals surface area contributed by atoms with Crippen LogP contribution in [0, 0.1) is 0 Å². The van der Waals surface area contributed by atoms with Gasteiger partial charge in [-0.15, -0.1) is 0 Å². The van der Waals surface area contributed by atoms with Crippen LogP contribution in [0.15, 0.2) is 10.7 Å². The lowest BCUT2D eigenvalue weighted by Gasteiger charge is -2.02. The minimum Gasteiger partial charge on any atom is -0.398 e. The van der Waals surface area contributed by atoms with Crippen molar-refractivity contribution in [1.82, 2.24) is 4.98 Å². The van der Waals surface area contributed by atoms with Crippen LogP contribution in [0.3, 0.4) is 0 Å². The molecule has 2 N–H and O–H groups in total. The van der Waals surface area contributed by atoms with Crippen molar-refractivity contribution in [2.75, 3.05) is 5.73 Å². The molecule has 1 aromatic rings. The lowest BCUT2D eigenvalue weighted by molar-refractivity contribution is 0.898. The number of nitrogens with two attached hydrogens (primary N) is 1. The Morgan fingerprint density at radius 3 is 3.09 bits per heavy atom. The molecule has 1 heterocycles. The summed E-state index contributed by atoms with van der Waals surface area (Å²) in [6.45, 7) is 0. The first-order valence-corrected chi connectivity index (χ1v) is 4.50. The van der Waals surface area contributed by atoms with Gasteiger partial charge < -0.3 is 5.73 Å². The summed E-state index contributed by atoms with van der Waals surface area (Å²) in [6, 6.07) is 1.88. The smallest absolute Gasteiger partial charge is 0.108 e. The van der Waals surface area contributed by atoms with Gasteiger partial charge in [0.25, 0.3) is 0 Å². The van der Waals surface area contributed by atoms with Gasteiger partial charge in [0.1, 0.15) is 4.60 Å². The van der Waals surface area contributed by atoms with Gasteiger partial charge in [0.05, 0.1) is 0 Å². The summed E-state index contributed by atoms with van der Waals surface area (Å²) in [5.41, 5.74) is 9.13. The van der Waals surface area contributed by atoms with Crippen molar-refractivity contribution in [1.29, 1.82) is 0 Å². The molecule has 0 aromatic carbocycles. The number of anilines is 1. The predicted octanol–water partition coefficient (Wildman–Crippen LogP) is 1.92. The van der Waals surface area contributed by atoms with Crippen LogP contribution < -0.4 is 5.73 Å². The highest BCUT2D eigenvalue weighted by Gasteiger charge is 2.15. The third-order valence-electron chi connectivity index (χ3n) is 2.05. The Labute approximate surface area is 73.9 Å². The van der Waals surface area contributed by atoms with Crippen LogP contribution in [0.4, 0.5) is 5.69 Å². The molecule has 0 atom stereocenters. The molecule has 0 fully saturated rings. The number of hydrogen-bond donors (Lipinski definition) is 1. The predicted molar refractivity (Wildman–Crippen MR) is 48.4 cm³/mol. The fourth-order valence-corrected chi connectivity index (χ4v) is 2.00. The van der Waals surface area contributed by atoms with Crippen molar-refractivity contribution in [3.05, 3.63) is 21.9 Å². The molecule has 0 aliphatic heterocycles. The Balaban J connectivity index is 2.60. The van der Waals surface area contributed by atoms with Crippen LogP contribution in [0.1, 0.15) is 17.7 Å². The molecule has 0 unspecified atom stereocenters. The minimum atomic E-state index is 0.857. The van der Waals surface area contributed by atoms with E-state index in [4.69, 9.17) is 5.73 Å². The fraction of sp³-hybridized carbons (Fsp3) is 0.375. The van der Waals surface area contributed by atoms with Crippen molar-refractivity contribution in [2.24, 2.45) is 0 Å². The van der Waals surface area contributed by atoms with Crippen molar-refractivity contribution in [2.45, 2.75) is 19.3 Å². The maximum absolute atomic E-state index is 5.80. The van der Waals surface area contributed by atoms with E-state index in [1.165, 1.54) is 17.7 Å². The van der Waals surface area contributed by atoms with E-state index in [-0.39, 0.29) is 0 Å². The van der Waals surface area contributed by atoms with Crippen molar-refractivity contribution < 1.29 is 0 Å². The molecular weight excluding hydrogens is 204 g/mol. The van der Waals surface area contributed by atoms with Crippen LogP contribution in [0.5, 0.6) is 0 Å². The lowest BCUT2D eigenvalue weighted by atomic mass is 10.2. The largest absolute Gasteiger partial charge is 0.398 e. The SMILES string of the molecule is Nc1cc(Br)nc2c1CCC2. The van der Waals surface area contributed by atoms with Crippen LogP contribution in [0.25, 0.3) is 0 Å². The molecule has 1 aliphatic rings. The summed E-state index contributed by atoms with van der Waals surface area (Å²) in [6.07, 6.45) is 3.38. The number of nitrogens with zero attached hydrogens (tertiary/aromatic N) is 1. The number of aryl methyl sites for hydroxylation is 1. The number of halogens is 1. The second-order valence-corrected chi connectivity index (χ2v) is 3.63. The zero-order valence-electron chi connectivity index (χ0n) is 6.10. The summed E-state index contributed by atoms with van der Waals surface area (Å²) >= 11 is 3.32. The Hall–Kier alpha value is -0.570. The number of pyridine rings is 1. The molecular formula is C8H9BrN2. The molecule has 0 spiro atoms. The summed E-state index contributed by atoms with van der Waals surface area (Å²) < 4.78 is 0.857. The quantitative estimate of drug-likeness (QED) is 0.668. The van der Waals surface area contributed by atoms with E-state index in [0.717, 1.165) is 23.1 Å². The van der Waals surface area contributed by atoms with E-state index in [9.17, 15) is 0 Å². The summed E-state index contributed by atoms with van der Waals surface area (Å²) in [4.78, 5) is 4.35. The first-order chi connectivity index (χ1) is 5.27. The van der Waals surface area contributed by atoms with Gasteiger partial charge in [0, 0.05) is 11.4 Å². The molecule has 58 valence electrons. The van der Waals surface area contributed by atoms with E-state index in [2.05, 4.69) is 20.9 Å². The second kappa shape index (κ2) is 2.48. The summed E-state index contributed by atoms with van der Waals surface area (Å²) in [5, 5.41) is 0. The molecule has 1 aliphatic carbocycles. The number of aromatic nitrogens is 1. The van der Waals surface area contributed by atoms with Gasteiger partial charge in [-0.2, -0.15) is 0 Å². The first-order valence-electron chi connectivity index (χ1n) is 3.71. The Kier molecular flexibility index (Phi) is 1.60. The third-order valence-corrected chi connectivity index (χ3v) is 2.46. The van der Waals surface area contributed by atoms with E-state index < -0.39 is 0 Å². The monoisotopic (exact) mass is 212 g/mol. The third kappa shape index (κ3) is 1.13. The standard InChI is InChI=1S/C8H9BrN2/c9-8-4-6(10)5-2-1-3-7(5)11-8/h4H,1-3H2,(H2,10,11). The fourth-order valence-electron chi connectivity index (χ4n) is 1.54. The molecule has 0 radical (unpaired) electrons. The normalized spacial score (nSPS) is 15.0. The molecule has 2 rings (SSSR count). The van der Waals surface area contributed by atoms with Gasteiger partial charge in [-0.05, 0) is 46.8 Å². The lowest BCUT2D eigenvalue weighted by Crippen LogP contribution is -1.96. The highest BCUT2D eigenvalue weighted by Crippen LogP contribution is 2.27. The van der Waals surface area contributed by atoms with E-state index in [1.807, 2.05) is 6.07 Å². The number of hydrogen-bond acceptors (Lipinski definition) is 2. The zero-order chi connectivity index (χ0) is 7.84. The van der Waals surface area contributed by atoms with Gasteiger partial charge in [-0.3, -0.25) is 0 Å². The minimum absolute atomic E-state index is 0.857. The molecule has 0 bridgehead atoms. The van der Waals surface area contributed by atoms with E-state index >= 15 is 0 Å². The summed E-state index contributed by atoms with van der Waals surface area (Å²) in [7, 11) is 0. The van der Waals surface area contributed by atoms with E-state index in [0.29, 0.717) is 0 Å². The van der Waals surface area contributed by atoms with Crippen LogP contribution >= 0.6 is 15.9 Å². The molecule has 0 amide bonds. The molecule has 1 aromatic heterocycles. The topological polar surface area (TPSA) is 38.9 Å². The van der Waals surface area contributed by atoms with Gasteiger partial charge in [-0.25, -0.2) is 4.98 Å². The molecule has 2 nitrogen and oxygen atoms in total. The summed E-state index contributed by atoms with van der Waals surface area (Å²) in [5.74, 6) is 0. The average molecular weight is 213 g/mol. The Bertz CT molecular complexity index is 296. The maximum Gasteiger partial charge on any atom is 0.108 e. The number of nitrogen functional groups attached to an aromatic ring is 1. The van der Waals surface area contributed by atoms with Crippen molar-refractivity contribution >= 4 is 21.6 Å². The van der Waals surface area contributed by atoms with Crippen LogP contribution in [-0.2, 0) is 12.8 Å². The van der Waals surface area contributed by atoms with Crippen molar-refractivity contribution in [3.63, 3.8) is 0 Å². The van der Waals surface area contributed by atoms with Crippen LogP contribution in [-0.4, -0.2) is 4.98 Å². The average Bonchev–Trinajstić information content (AvgIpc) is 2.34. The molecule has 3 heteroatoms. The maximum atomic E-state index is 5.80. The van der Waals surface area contributed by atoms with Gasteiger partial charge in [-0.1, -0.05) is 0 Å². The van der Waals surface area contributed by atoms with Gasteiger partial charge >= 0.3 is 0 Å². The molecule has 0 saturated heterocycles. The van der Waals surface area contributed by atoms with Crippen molar-refractivity contribution in [3.8, 4) is 0 Å². The molecule has 11 heavy (non-hydrogen) atoms. The van der Waals surface area contributed by atoms with E-state index in [1.54, 1.807) is 0 Å². The highest BCUT2D eigenvalue weighted by atomic mass is 79.9. The second-order valence-electron chi connectivity index (χ2n) is 2.81. The van der Waals surface area contributed by atoms with Gasteiger partial charge in [0.2, 0.25) is 0 Å². The van der Waals surface area contributed by atoms with Gasteiger partial charge in [0.15, 0.2) is 0 Å². The van der Waals surface area contributed by atoms with Crippen LogP contribution in [0.2, 0.25) is 0 Å². The Morgan fingerprint density at radius 1 is 1.45 bits per heavy atom. The zero-order valence-corrected chi connectivity index (χ0v) is 7.69. The number of rotatable bonds is 0. The highest BCUT2D eigenvalue weighted by molar-refractivity contribution is 9.10. The molecule has 0 saturated carbocycles. The Morgan fingerprint density at radius 2 is 2.27 bits per heavy atom. The number of fused-ring (bicyclic) bond motifs is 1. The first kappa shape index (κ1) is 7.10.